The molecule has 126 valence electrons. The zero-order valence-electron chi connectivity index (χ0n) is 13.8. The molecule has 0 aromatic carbocycles. The number of carbonyl (C=O) groups excluding carboxylic acids is 1. The minimum atomic E-state index is -0.705. The van der Waals surface area contributed by atoms with Crippen LogP contribution in [0.2, 0.25) is 0 Å². The first-order valence-electron chi connectivity index (χ1n) is 8.17. The van der Waals surface area contributed by atoms with Gasteiger partial charge in [-0.1, -0.05) is 0 Å². The fourth-order valence-electron chi connectivity index (χ4n) is 3.40. The van der Waals surface area contributed by atoms with Crippen LogP contribution >= 0.6 is 0 Å². The Morgan fingerprint density at radius 1 is 1.14 bits per heavy atom. The van der Waals surface area contributed by atoms with Crippen LogP contribution in [0.5, 0.6) is 0 Å². The monoisotopic (exact) mass is 312 g/mol. The number of rotatable bonds is 2. The highest BCUT2D eigenvalue weighted by Crippen LogP contribution is 2.31. The van der Waals surface area contributed by atoms with Crippen molar-refractivity contribution >= 4 is 12.1 Å². The first-order chi connectivity index (χ1) is 10.3. The molecule has 2 heterocycles. The third kappa shape index (κ3) is 4.60. The fourth-order valence-corrected chi connectivity index (χ4v) is 3.40. The van der Waals surface area contributed by atoms with Crippen LogP contribution < -0.4 is 5.32 Å². The predicted octanol–water partition coefficient (Wildman–Crippen LogP) is 1.94. The zero-order valence-corrected chi connectivity index (χ0v) is 13.8. The number of nitrogens with one attached hydrogen (secondary N) is 1. The van der Waals surface area contributed by atoms with E-state index in [-0.39, 0.29) is 12.0 Å². The molecule has 2 aliphatic rings. The van der Waals surface area contributed by atoms with Gasteiger partial charge < -0.3 is 20.1 Å². The molecule has 2 atom stereocenters. The van der Waals surface area contributed by atoms with E-state index < -0.39 is 11.6 Å². The predicted molar refractivity (Wildman–Crippen MR) is 82.6 cm³/mol. The smallest absolute Gasteiger partial charge is 0.410 e. The topological polar surface area (TPSA) is 78.9 Å². The second-order valence-electron chi connectivity index (χ2n) is 7.49. The van der Waals surface area contributed by atoms with Gasteiger partial charge in [0, 0.05) is 19.6 Å². The molecule has 2 saturated heterocycles. The molecule has 22 heavy (non-hydrogen) atoms. The molecule has 2 fully saturated rings. The van der Waals surface area contributed by atoms with Crippen molar-refractivity contribution in [2.24, 2.45) is 17.8 Å². The molecule has 0 radical (unpaired) electrons. The number of carbonyl (C=O) groups is 2. The molecule has 1 amide bonds. The highest BCUT2D eigenvalue weighted by Gasteiger charge is 2.34. The van der Waals surface area contributed by atoms with Crippen molar-refractivity contribution in [1.29, 1.82) is 0 Å². The van der Waals surface area contributed by atoms with Gasteiger partial charge in [-0.2, -0.15) is 0 Å². The average molecular weight is 312 g/mol. The second-order valence-corrected chi connectivity index (χ2v) is 7.49. The van der Waals surface area contributed by atoms with E-state index >= 15 is 0 Å². The van der Waals surface area contributed by atoms with Crippen molar-refractivity contribution in [3.05, 3.63) is 0 Å². The van der Waals surface area contributed by atoms with Gasteiger partial charge in [0.2, 0.25) is 0 Å². The summed E-state index contributed by atoms with van der Waals surface area (Å²) in [5, 5.41) is 12.4. The molecule has 2 rings (SSSR count). The van der Waals surface area contributed by atoms with Gasteiger partial charge in [-0.3, -0.25) is 4.79 Å². The Balaban J connectivity index is 1.82. The molecule has 0 bridgehead atoms. The lowest BCUT2D eigenvalue weighted by Gasteiger charge is -2.39. The summed E-state index contributed by atoms with van der Waals surface area (Å²) in [6, 6.07) is 0. The van der Waals surface area contributed by atoms with E-state index in [1.54, 1.807) is 4.90 Å². The van der Waals surface area contributed by atoms with E-state index in [1.807, 2.05) is 20.8 Å². The second kappa shape index (κ2) is 6.86. The van der Waals surface area contributed by atoms with E-state index in [4.69, 9.17) is 9.84 Å². The highest BCUT2D eigenvalue weighted by molar-refractivity contribution is 5.70. The van der Waals surface area contributed by atoms with Crippen LogP contribution in [-0.2, 0) is 9.53 Å². The number of hydrogen-bond acceptors (Lipinski definition) is 4. The van der Waals surface area contributed by atoms with Crippen molar-refractivity contribution < 1.29 is 19.4 Å². The maximum Gasteiger partial charge on any atom is 0.410 e. The lowest BCUT2D eigenvalue weighted by atomic mass is 9.77. The van der Waals surface area contributed by atoms with E-state index in [0.29, 0.717) is 31.5 Å². The number of nitrogens with zero attached hydrogens (tertiary/aromatic N) is 1. The van der Waals surface area contributed by atoms with Crippen LogP contribution in [0.4, 0.5) is 4.79 Å². The Morgan fingerprint density at radius 3 is 2.32 bits per heavy atom. The number of ether oxygens (including phenoxy) is 1. The van der Waals surface area contributed by atoms with Gasteiger partial charge in [0.1, 0.15) is 5.60 Å². The minimum absolute atomic E-state index is 0.240. The maximum absolute atomic E-state index is 12.1. The maximum atomic E-state index is 12.1. The Morgan fingerprint density at radius 2 is 1.77 bits per heavy atom. The lowest BCUT2D eigenvalue weighted by Crippen LogP contribution is -2.47. The molecular weight excluding hydrogens is 284 g/mol. The highest BCUT2D eigenvalue weighted by atomic mass is 16.6. The van der Waals surface area contributed by atoms with Crippen molar-refractivity contribution in [3.63, 3.8) is 0 Å². The summed E-state index contributed by atoms with van der Waals surface area (Å²) in [6.45, 7) is 8.48. The summed E-state index contributed by atoms with van der Waals surface area (Å²) in [5.74, 6) is -0.0880. The molecule has 6 nitrogen and oxygen atoms in total. The van der Waals surface area contributed by atoms with E-state index in [9.17, 15) is 9.59 Å². The van der Waals surface area contributed by atoms with Gasteiger partial charge in [-0.25, -0.2) is 4.79 Å². The van der Waals surface area contributed by atoms with Gasteiger partial charge in [-0.05, 0) is 58.4 Å². The van der Waals surface area contributed by atoms with Crippen LogP contribution in [0.1, 0.15) is 40.0 Å². The summed E-state index contributed by atoms with van der Waals surface area (Å²) in [4.78, 5) is 25.0. The van der Waals surface area contributed by atoms with Gasteiger partial charge >= 0.3 is 12.1 Å². The number of amides is 1. The van der Waals surface area contributed by atoms with Gasteiger partial charge in [-0.15, -0.1) is 0 Å². The fraction of sp³-hybridized carbons (Fsp3) is 0.875. The number of carboxylic acids is 1. The summed E-state index contributed by atoms with van der Waals surface area (Å²) >= 11 is 0. The molecular formula is C16H28N2O4. The molecule has 2 N–H and O–H groups in total. The number of aliphatic carboxylic acids is 1. The largest absolute Gasteiger partial charge is 0.481 e. The van der Waals surface area contributed by atoms with Crippen molar-refractivity contribution in [3.8, 4) is 0 Å². The molecule has 0 aromatic rings. The molecule has 0 aliphatic carbocycles. The third-order valence-electron chi connectivity index (χ3n) is 4.59. The van der Waals surface area contributed by atoms with Crippen LogP contribution in [0, 0.1) is 17.8 Å². The van der Waals surface area contributed by atoms with Gasteiger partial charge in [0.05, 0.1) is 5.92 Å². The normalized spacial score (nSPS) is 27.5. The van der Waals surface area contributed by atoms with Crippen LogP contribution in [0.25, 0.3) is 0 Å². The number of hydrogen-bond donors (Lipinski definition) is 2. The SMILES string of the molecule is CC(C)(C)OC(=O)N1CCC(C2CNCC(C(=O)O)C2)CC1. The van der Waals surface area contributed by atoms with Crippen LogP contribution in [-0.4, -0.2) is 53.8 Å². The molecule has 0 saturated carbocycles. The number of carboxylic acid groups (broad SMARTS) is 1. The lowest BCUT2D eigenvalue weighted by molar-refractivity contribution is -0.143. The molecule has 0 spiro atoms. The standard InChI is InChI=1S/C16H28N2O4/c1-16(2,3)22-15(21)18-6-4-11(5-7-18)12-8-13(14(19)20)10-17-9-12/h11-13,17H,4-10H2,1-3H3,(H,19,20). The third-order valence-corrected chi connectivity index (χ3v) is 4.59. The summed E-state index contributed by atoms with van der Waals surface area (Å²) in [7, 11) is 0. The Kier molecular flexibility index (Phi) is 5.32. The van der Waals surface area contributed by atoms with Crippen LogP contribution in [0.15, 0.2) is 0 Å². The Bertz CT molecular complexity index is 411. The van der Waals surface area contributed by atoms with Gasteiger partial charge in [0.25, 0.3) is 0 Å². The first kappa shape index (κ1) is 17.1. The van der Waals surface area contributed by atoms with Crippen LogP contribution in [0.3, 0.4) is 0 Å². The number of piperidine rings is 2. The summed E-state index contributed by atoms with van der Waals surface area (Å²) < 4.78 is 5.40. The zero-order chi connectivity index (χ0) is 16.3. The van der Waals surface area contributed by atoms with E-state index in [0.717, 1.165) is 25.8 Å². The number of likely N-dealkylation sites (tertiary alicyclic amines) is 1. The van der Waals surface area contributed by atoms with Gasteiger partial charge in [0.15, 0.2) is 0 Å². The quantitative estimate of drug-likeness (QED) is 0.814. The molecule has 2 aliphatic heterocycles. The minimum Gasteiger partial charge on any atom is -0.481 e. The first-order valence-corrected chi connectivity index (χ1v) is 8.17. The van der Waals surface area contributed by atoms with Crippen molar-refractivity contribution in [2.45, 2.75) is 45.6 Å². The van der Waals surface area contributed by atoms with E-state index in [1.165, 1.54) is 0 Å². The summed E-state index contributed by atoms with van der Waals surface area (Å²) in [5.41, 5.74) is -0.462. The molecule has 0 aromatic heterocycles. The molecule has 6 heteroatoms. The Hall–Kier alpha value is -1.30. The summed E-state index contributed by atoms with van der Waals surface area (Å²) in [6.07, 6.45) is 2.37. The Labute approximate surface area is 132 Å². The average Bonchev–Trinajstić information content (AvgIpc) is 2.46. The van der Waals surface area contributed by atoms with E-state index in [2.05, 4.69) is 5.32 Å². The van der Waals surface area contributed by atoms with Crippen molar-refractivity contribution in [2.75, 3.05) is 26.2 Å². The van der Waals surface area contributed by atoms with Crippen molar-refractivity contribution in [1.82, 2.24) is 10.2 Å². The molecule has 2 unspecified atom stereocenters.